The van der Waals surface area contributed by atoms with Gasteiger partial charge in [-0.2, -0.15) is 0 Å². The van der Waals surface area contributed by atoms with E-state index in [1.165, 1.54) is 5.01 Å². The Hall–Kier alpha value is -3.06. The lowest BCUT2D eigenvalue weighted by Gasteiger charge is -2.18. The molecule has 142 valence electrons. The number of pyridine rings is 1. The Bertz CT molecular complexity index is 859. The van der Waals surface area contributed by atoms with Crippen molar-refractivity contribution in [3.63, 3.8) is 0 Å². The molecule has 0 saturated heterocycles. The Balaban J connectivity index is 1.78. The number of nitrogens with one attached hydrogen (secondary N) is 1. The van der Waals surface area contributed by atoms with Crippen molar-refractivity contribution in [3.8, 4) is 0 Å². The highest BCUT2D eigenvalue weighted by Gasteiger charge is 2.29. The second kappa shape index (κ2) is 7.67. The summed E-state index contributed by atoms with van der Waals surface area (Å²) >= 11 is 0. The number of amides is 1. The van der Waals surface area contributed by atoms with Crippen molar-refractivity contribution in [2.24, 2.45) is 11.6 Å². The van der Waals surface area contributed by atoms with E-state index in [4.69, 9.17) is 11.6 Å². The zero-order valence-corrected chi connectivity index (χ0v) is 15.9. The van der Waals surface area contributed by atoms with Gasteiger partial charge in [-0.05, 0) is 31.0 Å². The molecule has 0 unspecified atom stereocenters. The van der Waals surface area contributed by atoms with Crippen molar-refractivity contribution in [3.05, 3.63) is 65.0 Å². The average molecular weight is 366 g/mol. The van der Waals surface area contributed by atoms with Crippen molar-refractivity contribution >= 4 is 17.4 Å². The van der Waals surface area contributed by atoms with Crippen LogP contribution in [0.3, 0.4) is 0 Å². The summed E-state index contributed by atoms with van der Waals surface area (Å²) in [5.41, 5.74) is 10.3. The van der Waals surface area contributed by atoms with Crippen LogP contribution in [0.2, 0.25) is 0 Å². The van der Waals surface area contributed by atoms with E-state index in [2.05, 4.69) is 17.2 Å². The van der Waals surface area contributed by atoms with Crippen molar-refractivity contribution in [2.75, 3.05) is 18.9 Å². The summed E-state index contributed by atoms with van der Waals surface area (Å²) in [7, 11) is 1.73. The predicted molar refractivity (Wildman–Crippen MR) is 107 cm³/mol. The summed E-state index contributed by atoms with van der Waals surface area (Å²) in [5.74, 6) is 6.43. The normalized spacial score (nSPS) is 14.9. The van der Waals surface area contributed by atoms with Gasteiger partial charge in [0.2, 0.25) is 0 Å². The number of rotatable bonds is 6. The first kappa shape index (κ1) is 18.7. The van der Waals surface area contributed by atoms with Crippen LogP contribution in [-0.4, -0.2) is 34.4 Å². The van der Waals surface area contributed by atoms with E-state index in [0.29, 0.717) is 18.8 Å². The average Bonchev–Trinajstić information content (AvgIpc) is 2.98. The van der Waals surface area contributed by atoms with Crippen LogP contribution in [0.4, 0.5) is 5.82 Å². The van der Waals surface area contributed by atoms with Gasteiger partial charge >= 0.3 is 0 Å². The number of aromatic nitrogens is 1. The van der Waals surface area contributed by atoms with Gasteiger partial charge < -0.3 is 21.0 Å². The lowest BCUT2D eigenvalue weighted by Crippen LogP contribution is -2.22. The molecular weight excluding hydrogens is 340 g/mol. The third kappa shape index (κ3) is 3.88. The smallest absolute Gasteiger partial charge is 0.254 e. The van der Waals surface area contributed by atoms with Gasteiger partial charge in [-0.1, -0.05) is 24.3 Å². The standard InChI is InChI=1S/C20H26N6O/c1-4-26-11-17-16(20(26)27)9-10-23-19(17)24-13(2)14-5-7-15(8-6-14)18(21)12-25(3)22/h5-10,12-13H,4,11,21-22H2,1-3H3,(H,23,24)/b18-12-/t13-/m0/s1. The zero-order chi connectivity index (χ0) is 19.6. The second-order valence-electron chi connectivity index (χ2n) is 6.74. The highest BCUT2D eigenvalue weighted by molar-refractivity contribution is 5.99. The molecule has 1 aromatic heterocycles. The van der Waals surface area contributed by atoms with E-state index >= 15 is 0 Å². The molecule has 3 rings (SSSR count). The highest BCUT2D eigenvalue weighted by atomic mass is 16.2. The molecule has 0 fully saturated rings. The first-order valence-electron chi connectivity index (χ1n) is 8.99. The van der Waals surface area contributed by atoms with Crippen molar-refractivity contribution in [1.82, 2.24) is 14.9 Å². The quantitative estimate of drug-likeness (QED) is 0.536. The molecule has 1 aromatic carbocycles. The van der Waals surface area contributed by atoms with Crippen molar-refractivity contribution < 1.29 is 4.79 Å². The second-order valence-corrected chi connectivity index (χ2v) is 6.74. The van der Waals surface area contributed by atoms with E-state index in [9.17, 15) is 4.79 Å². The van der Waals surface area contributed by atoms with Crippen LogP contribution in [0, 0.1) is 0 Å². The first-order valence-corrected chi connectivity index (χ1v) is 8.99. The van der Waals surface area contributed by atoms with Gasteiger partial charge in [0.25, 0.3) is 5.91 Å². The van der Waals surface area contributed by atoms with Crippen LogP contribution in [0.5, 0.6) is 0 Å². The molecule has 2 heterocycles. The molecule has 7 nitrogen and oxygen atoms in total. The summed E-state index contributed by atoms with van der Waals surface area (Å²) in [5, 5.41) is 4.87. The number of hydrazine groups is 1. The molecule has 0 spiro atoms. The third-order valence-corrected chi connectivity index (χ3v) is 4.74. The molecule has 27 heavy (non-hydrogen) atoms. The van der Waals surface area contributed by atoms with Crippen LogP contribution in [0.25, 0.3) is 5.70 Å². The number of fused-ring (bicyclic) bond motifs is 1. The summed E-state index contributed by atoms with van der Waals surface area (Å²) in [6.07, 6.45) is 3.35. The predicted octanol–water partition coefficient (Wildman–Crippen LogP) is 2.29. The highest BCUT2D eigenvalue weighted by Crippen LogP contribution is 2.29. The fourth-order valence-corrected chi connectivity index (χ4v) is 3.21. The van der Waals surface area contributed by atoms with E-state index in [1.807, 2.05) is 36.1 Å². The summed E-state index contributed by atoms with van der Waals surface area (Å²) < 4.78 is 0. The molecule has 2 aromatic rings. The molecule has 5 N–H and O–H groups in total. The van der Waals surface area contributed by atoms with Gasteiger partial charge in [0, 0.05) is 43.2 Å². The number of nitrogens with two attached hydrogens (primary N) is 2. The van der Waals surface area contributed by atoms with E-state index in [0.717, 1.165) is 28.1 Å². The van der Waals surface area contributed by atoms with Crippen molar-refractivity contribution in [2.45, 2.75) is 26.4 Å². The Labute approximate surface area is 159 Å². The summed E-state index contributed by atoms with van der Waals surface area (Å²) in [4.78, 5) is 18.6. The molecule has 0 bridgehead atoms. The van der Waals surface area contributed by atoms with Gasteiger partial charge in [-0.3, -0.25) is 4.79 Å². The van der Waals surface area contributed by atoms with E-state index in [-0.39, 0.29) is 11.9 Å². The minimum Gasteiger partial charge on any atom is -0.397 e. The van der Waals surface area contributed by atoms with Crippen LogP contribution in [0.15, 0.2) is 42.7 Å². The topological polar surface area (TPSA) is 101 Å². The Kier molecular flexibility index (Phi) is 5.32. The fourth-order valence-electron chi connectivity index (χ4n) is 3.21. The minimum atomic E-state index is 0.0335. The van der Waals surface area contributed by atoms with Crippen LogP contribution >= 0.6 is 0 Å². The largest absolute Gasteiger partial charge is 0.397 e. The van der Waals surface area contributed by atoms with Gasteiger partial charge in [-0.25, -0.2) is 10.8 Å². The molecule has 0 aliphatic carbocycles. The van der Waals surface area contributed by atoms with Gasteiger partial charge in [0.15, 0.2) is 0 Å². The van der Waals surface area contributed by atoms with E-state index < -0.39 is 0 Å². The number of carbonyl (C=O) groups is 1. The molecule has 1 atom stereocenters. The first-order chi connectivity index (χ1) is 12.9. The Morgan fingerprint density at radius 2 is 2.07 bits per heavy atom. The number of benzene rings is 1. The molecule has 0 saturated carbocycles. The van der Waals surface area contributed by atoms with Gasteiger partial charge in [-0.15, -0.1) is 0 Å². The monoisotopic (exact) mass is 366 g/mol. The lowest BCUT2D eigenvalue weighted by molar-refractivity contribution is 0.0787. The minimum absolute atomic E-state index is 0.0335. The number of hydrogen-bond donors (Lipinski definition) is 3. The molecule has 1 aliphatic rings. The number of hydrogen-bond acceptors (Lipinski definition) is 6. The Morgan fingerprint density at radius 3 is 2.70 bits per heavy atom. The SMILES string of the molecule is CCN1Cc2c(ccnc2N[C@@H](C)c2ccc(/C(N)=C/N(C)N)cc2)C1=O. The number of carbonyl (C=O) groups excluding carboxylic acids is 1. The van der Waals surface area contributed by atoms with E-state index in [1.54, 1.807) is 25.5 Å². The third-order valence-electron chi connectivity index (χ3n) is 4.74. The van der Waals surface area contributed by atoms with Crippen LogP contribution in [0.1, 0.15) is 46.9 Å². The maximum atomic E-state index is 12.4. The van der Waals surface area contributed by atoms with Gasteiger partial charge in [0.05, 0.1) is 12.2 Å². The number of anilines is 1. The number of nitrogens with zero attached hydrogens (tertiary/aromatic N) is 3. The maximum absolute atomic E-state index is 12.4. The molecular formula is C20H26N6O. The van der Waals surface area contributed by atoms with Crippen molar-refractivity contribution in [1.29, 1.82) is 0 Å². The summed E-state index contributed by atoms with van der Waals surface area (Å²) in [6.45, 7) is 5.34. The molecule has 7 heteroatoms. The zero-order valence-electron chi connectivity index (χ0n) is 15.9. The maximum Gasteiger partial charge on any atom is 0.254 e. The molecule has 1 aliphatic heterocycles. The van der Waals surface area contributed by atoms with Crippen LogP contribution in [-0.2, 0) is 6.54 Å². The molecule has 0 radical (unpaired) electrons. The lowest BCUT2D eigenvalue weighted by atomic mass is 10.0. The Morgan fingerprint density at radius 1 is 1.37 bits per heavy atom. The van der Waals surface area contributed by atoms with Crippen LogP contribution < -0.4 is 16.9 Å². The van der Waals surface area contributed by atoms with Gasteiger partial charge in [0.1, 0.15) is 5.82 Å². The fraction of sp³-hybridized carbons (Fsp3) is 0.300. The molecule has 1 amide bonds. The summed E-state index contributed by atoms with van der Waals surface area (Å²) in [6, 6.07) is 9.81.